The van der Waals surface area contributed by atoms with Gasteiger partial charge in [-0.1, -0.05) is 12.1 Å². The van der Waals surface area contributed by atoms with Gasteiger partial charge in [-0.3, -0.25) is 9.52 Å². The first-order valence-corrected chi connectivity index (χ1v) is 12.5. The van der Waals surface area contributed by atoms with Crippen molar-refractivity contribution >= 4 is 31.6 Å². The number of hydrogen-bond acceptors (Lipinski definition) is 5. The summed E-state index contributed by atoms with van der Waals surface area (Å²) in [5.74, 6) is -1.13. The molecule has 1 aliphatic heterocycles. The van der Waals surface area contributed by atoms with Crippen LogP contribution < -0.4 is 10.0 Å². The number of amides is 1. The van der Waals surface area contributed by atoms with Crippen molar-refractivity contribution in [1.29, 1.82) is 0 Å². The van der Waals surface area contributed by atoms with Gasteiger partial charge >= 0.3 is 0 Å². The highest BCUT2D eigenvalue weighted by atomic mass is 32.2. The van der Waals surface area contributed by atoms with Crippen LogP contribution in [0.25, 0.3) is 0 Å². The van der Waals surface area contributed by atoms with Crippen LogP contribution in [0.2, 0.25) is 0 Å². The second-order valence-electron chi connectivity index (χ2n) is 7.04. The summed E-state index contributed by atoms with van der Waals surface area (Å²) in [7, 11) is -7.35. The third-order valence-corrected chi connectivity index (χ3v) is 7.38. The summed E-state index contributed by atoms with van der Waals surface area (Å²) in [6.45, 7) is 0.621. The molecule has 1 heterocycles. The molecule has 0 bridgehead atoms. The van der Waals surface area contributed by atoms with E-state index in [4.69, 9.17) is 0 Å². The molecule has 2 aromatic carbocycles. The van der Waals surface area contributed by atoms with Gasteiger partial charge in [-0.15, -0.1) is 0 Å². The van der Waals surface area contributed by atoms with E-state index in [1.807, 2.05) is 0 Å². The molecule has 1 fully saturated rings. The third kappa shape index (κ3) is 5.35. The fraction of sp³-hybridized carbons (Fsp3) is 0.316. The lowest BCUT2D eigenvalue weighted by Crippen LogP contribution is -2.49. The van der Waals surface area contributed by atoms with E-state index in [9.17, 15) is 26.0 Å². The van der Waals surface area contributed by atoms with E-state index in [2.05, 4.69) is 10.0 Å². The summed E-state index contributed by atoms with van der Waals surface area (Å²) in [5.41, 5.74) is 0.0587. The van der Waals surface area contributed by atoms with Crippen LogP contribution in [0.1, 0.15) is 23.2 Å². The average molecular weight is 456 g/mol. The van der Waals surface area contributed by atoms with Crippen molar-refractivity contribution in [1.82, 2.24) is 9.62 Å². The first kappa shape index (κ1) is 22.2. The minimum absolute atomic E-state index is 0.122. The summed E-state index contributed by atoms with van der Waals surface area (Å²) in [6.07, 6.45) is 2.42. The van der Waals surface area contributed by atoms with Crippen LogP contribution >= 0.6 is 0 Å². The Labute approximate surface area is 175 Å². The molecule has 3 rings (SSSR count). The van der Waals surface area contributed by atoms with E-state index in [-0.39, 0.29) is 28.7 Å². The van der Waals surface area contributed by atoms with Gasteiger partial charge in [0, 0.05) is 24.7 Å². The Morgan fingerprint density at radius 1 is 1.07 bits per heavy atom. The number of nitrogens with zero attached hydrogens (tertiary/aromatic N) is 1. The smallest absolute Gasteiger partial charge is 0.261 e. The maximum absolute atomic E-state index is 13.7. The van der Waals surface area contributed by atoms with E-state index in [0.29, 0.717) is 19.4 Å². The molecule has 2 N–H and O–H groups in total. The van der Waals surface area contributed by atoms with E-state index in [0.717, 1.165) is 12.3 Å². The predicted octanol–water partition coefficient (Wildman–Crippen LogP) is 1.78. The first-order chi connectivity index (χ1) is 14.1. The van der Waals surface area contributed by atoms with Crippen molar-refractivity contribution in [3.05, 3.63) is 59.9 Å². The van der Waals surface area contributed by atoms with E-state index in [1.54, 1.807) is 0 Å². The monoisotopic (exact) mass is 455 g/mol. The quantitative estimate of drug-likeness (QED) is 0.690. The lowest BCUT2D eigenvalue weighted by molar-refractivity contribution is 0.0921. The largest absolute Gasteiger partial charge is 0.348 e. The Kier molecular flexibility index (Phi) is 6.44. The van der Waals surface area contributed by atoms with Crippen LogP contribution in [-0.4, -0.2) is 52.4 Å². The number of anilines is 1. The van der Waals surface area contributed by atoms with Crippen molar-refractivity contribution < 1.29 is 26.0 Å². The number of rotatable bonds is 6. The lowest BCUT2D eigenvalue weighted by atomic mass is 10.1. The van der Waals surface area contributed by atoms with Crippen molar-refractivity contribution in [2.75, 3.05) is 24.1 Å². The predicted molar refractivity (Wildman–Crippen MR) is 111 cm³/mol. The summed E-state index contributed by atoms with van der Waals surface area (Å²) in [5, 5.41) is 2.78. The lowest BCUT2D eigenvalue weighted by Gasteiger charge is -2.31. The van der Waals surface area contributed by atoms with Gasteiger partial charge in [-0.2, -0.15) is 0 Å². The molecule has 0 saturated carbocycles. The molecule has 0 aromatic heterocycles. The molecule has 0 radical (unpaired) electrons. The first-order valence-electron chi connectivity index (χ1n) is 9.20. The average Bonchev–Trinajstić information content (AvgIpc) is 2.69. The van der Waals surface area contributed by atoms with Gasteiger partial charge in [0.1, 0.15) is 5.82 Å². The molecule has 1 aliphatic rings. The maximum atomic E-state index is 13.7. The highest BCUT2D eigenvalue weighted by Gasteiger charge is 2.27. The molecule has 162 valence electrons. The number of para-hydroxylation sites is 1. The Morgan fingerprint density at radius 2 is 1.73 bits per heavy atom. The molecule has 0 spiro atoms. The summed E-state index contributed by atoms with van der Waals surface area (Å²) in [6, 6.07) is 10.3. The molecular formula is C19H22FN3O5S2. The summed E-state index contributed by atoms with van der Waals surface area (Å²) < 4.78 is 65.5. The third-order valence-electron chi connectivity index (χ3n) is 4.73. The van der Waals surface area contributed by atoms with Crippen molar-refractivity contribution in [3.8, 4) is 0 Å². The number of halogens is 1. The minimum Gasteiger partial charge on any atom is -0.348 e. The zero-order chi connectivity index (χ0) is 21.9. The number of carbonyl (C=O) groups is 1. The van der Waals surface area contributed by atoms with E-state index >= 15 is 0 Å². The number of sulfonamides is 2. The second-order valence-corrected chi connectivity index (χ2v) is 10.7. The van der Waals surface area contributed by atoms with E-state index in [1.165, 1.54) is 46.8 Å². The minimum atomic E-state index is -4.02. The molecule has 30 heavy (non-hydrogen) atoms. The van der Waals surface area contributed by atoms with E-state index < -0.39 is 31.8 Å². The number of benzene rings is 2. The zero-order valence-electron chi connectivity index (χ0n) is 16.2. The maximum Gasteiger partial charge on any atom is 0.261 e. The zero-order valence-corrected chi connectivity index (χ0v) is 17.8. The van der Waals surface area contributed by atoms with Crippen LogP contribution in [0.3, 0.4) is 0 Å². The Balaban J connectivity index is 1.67. The van der Waals surface area contributed by atoms with Crippen molar-refractivity contribution in [3.63, 3.8) is 0 Å². The molecule has 1 atom stereocenters. The molecular weight excluding hydrogens is 433 g/mol. The second kappa shape index (κ2) is 8.70. The Bertz CT molecular complexity index is 1140. The fourth-order valence-electron chi connectivity index (χ4n) is 3.16. The highest BCUT2D eigenvalue weighted by molar-refractivity contribution is 7.92. The normalized spacial score (nSPS) is 18.0. The Morgan fingerprint density at radius 3 is 2.37 bits per heavy atom. The van der Waals surface area contributed by atoms with Gasteiger partial charge < -0.3 is 5.32 Å². The van der Waals surface area contributed by atoms with Gasteiger partial charge in [0.15, 0.2) is 0 Å². The van der Waals surface area contributed by atoms with Crippen LogP contribution in [0.15, 0.2) is 53.4 Å². The number of hydrogen-bond donors (Lipinski definition) is 2. The summed E-state index contributed by atoms with van der Waals surface area (Å²) >= 11 is 0. The van der Waals surface area contributed by atoms with Crippen LogP contribution in [0.4, 0.5) is 10.1 Å². The number of nitrogens with one attached hydrogen (secondary N) is 2. The standard InChI is InChI=1S/C19H22FN3O5S2/c1-29(25,26)23-12-4-5-15(13-23)21-19(24)14-8-10-16(11-9-14)30(27,28)22-18-7-3-2-6-17(18)20/h2-3,6-11,15,22H,4-5,12-13H2,1H3,(H,21,24). The van der Waals surface area contributed by atoms with Gasteiger partial charge in [0.25, 0.3) is 15.9 Å². The topological polar surface area (TPSA) is 113 Å². The molecule has 1 unspecified atom stereocenters. The van der Waals surface area contributed by atoms with Crippen molar-refractivity contribution in [2.45, 2.75) is 23.8 Å². The molecule has 2 aromatic rings. The van der Waals surface area contributed by atoms with Crippen LogP contribution in [0.5, 0.6) is 0 Å². The van der Waals surface area contributed by atoms with Crippen molar-refractivity contribution in [2.24, 2.45) is 0 Å². The van der Waals surface area contributed by atoms with Gasteiger partial charge in [-0.05, 0) is 49.2 Å². The number of carbonyl (C=O) groups excluding carboxylic acids is 1. The van der Waals surface area contributed by atoms with Crippen LogP contribution in [-0.2, 0) is 20.0 Å². The highest BCUT2D eigenvalue weighted by Crippen LogP contribution is 2.19. The van der Waals surface area contributed by atoms with Gasteiger partial charge in [-0.25, -0.2) is 25.5 Å². The van der Waals surface area contributed by atoms with Gasteiger partial charge in [0.2, 0.25) is 10.0 Å². The Hall–Kier alpha value is -2.50. The summed E-state index contributed by atoms with van der Waals surface area (Å²) in [4.78, 5) is 12.4. The number of piperidine rings is 1. The molecule has 11 heteroatoms. The van der Waals surface area contributed by atoms with Gasteiger partial charge in [0.05, 0.1) is 16.8 Å². The molecule has 8 nitrogen and oxygen atoms in total. The van der Waals surface area contributed by atoms with Crippen LogP contribution in [0, 0.1) is 5.82 Å². The SMILES string of the molecule is CS(=O)(=O)N1CCCC(NC(=O)c2ccc(S(=O)(=O)Nc3ccccc3F)cc2)C1. The fourth-order valence-corrected chi connectivity index (χ4v) is 5.14. The molecule has 1 amide bonds. The molecule has 0 aliphatic carbocycles. The molecule has 1 saturated heterocycles.